The first kappa shape index (κ1) is 6.41. The minimum Gasteiger partial charge on any atom is -0.235 e. The van der Waals surface area contributed by atoms with Crippen LogP contribution in [-0.2, 0) is 0 Å². The van der Waals surface area contributed by atoms with Gasteiger partial charge in [-0.2, -0.15) is 0 Å². The molecule has 0 bridgehead atoms. The highest BCUT2D eigenvalue weighted by Gasteiger charge is 1.92. The van der Waals surface area contributed by atoms with Gasteiger partial charge in [0.15, 0.2) is 6.56 Å². The molecule has 0 aliphatic heterocycles. The van der Waals surface area contributed by atoms with E-state index < -0.39 is 0 Å². The number of thiol groups is 1. The lowest BCUT2D eigenvalue weighted by Crippen LogP contribution is -1.86. The summed E-state index contributed by atoms with van der Waals surface area (Å²) in [6.45, 7) is 6.21. The van der Waals surface area contributed by atoms with Gasteiger partial charge in [0.1, 0.15) is 0 Å². The van der Waals surface area contributed by atoms with Gasteiger partial charge in [-0.3, -0.25) is 0 Å². The van der Waals surface area contributed by atoms with Gasteiger partial charge >= 0.3 is 0 Å². The van der Waals surface area contributed by atoms with E-state index in [0.29, 0.717) is 5.82 Å². The second-order valence-electron chi connectivity index (χ2n) is 1.53. The third-order valence-corrected chi connectivity index (χ3v) is 1.41. The number of hydrogen-bond acceptors (Lipinski definition) is 1. The molecule has 0 aliphatic rings. The van der Waals surface area contributed by atoms with Crippen LogP contribution in [0.15, 0.2) is 0 Å². The van der Waals surface area contributed by atoms with E-state index in [0.717, 1.165) is 0 Å². The van der Waals surface area contributed by atoms with Crippen LogP contribution in [0, 0.1) is 0 Å². The van der Waals surface area contributed by atoms with Gasteiger partial charge in [-0.25, -0.2) is 12.5 Å². The molecule has 1 unspecified atom stereocenters. The van der Waals surface area contributed by atoms with Gasteiger partial charge in [-0.1, -0.05) is 26.1 Å². The van der Waals surface area contributed by atoms with Crippen molar-refractivity contribution in [3.63, 3.8) is 0 Å². The Kier molecular flexibility index (Phi) is 3.85. The van der Waals surface area contributed by atoms with E-state index in [-0.39, 0.29) is 0 Å². The largest absolute Gasteiger partial charge is 0.235 e. The Balaban J connectivity index is 2.75. The highest BCUT2D eigenvalue weighted by Crippen LogP contribution is 2.05. The minimum absolute atomic E-state index is 0.674. The molecule has 35 valence electrons. The van der Waals surface area contributed by atoms with Crippen LogP contribution < -0.4 is 0 Å². The molecule has 0 spiro atoms. The van der Waals surface area contributed by atoms with E-state index >= 15 is 0 Å². The molecule has 0 amide bonds. The molecular weight excluding hydrogens is 90.9 g/mol. The SMILES string of the molecule is CCC(C)[B]S. The Bertz CT molecular complexity index is 26.7. The highest BCUT2D eigenvalue weighted by molar-refractivity contribution is 8.06. The molecule has 0 aliphatic carbocycles. The fourth-order valence-corrected chi connectivity index (χ4v) is 0.316. The lowest BCUT2D eigenvalue weighted by atomic mass is 9.86. The summed E-state index contributed by atoms with van der Waals surface area (Å²) in [5.74, 6) is 0.674. The molecule has 0 N–H and O–H groups in total. The van der Waals surface area contributed by atoms with Gasteiger partial charge in [0.25, 0.3) is 0 Å². The first-order valence-electron chi connectivity index (χ1n) is 2.28. The van der Waals surface area contributed by atoms with Gasteiger partial charge in [-0.05, 0) is 0 Å². The Labute approximate surface area is 45.9 Å². The summed E-state index contributed by atoms with van der Waals surface area (Å²) >= 11 is 3.97. The van der Waals surface area contributed by atoms with Crippen molar-refractivity contribution in [3.05, 3.63) is 0 Å². The summed E-state index contributed by atoms with van der Waals surface area (Å²) in [5, 5.41) is 0. The van der Waals surface area contributed by atoms with Gasteiger partial charge in [-0.15, -0.1) is 0 Å². The molecule has 0 aromatic rings. The molecule has 0 aromatic carbocycles. The van der Waals surface area contributed by atoms with E-state index in [1.54, 1.807) is 0 Å². The maximum absolute atomic E-state index is 3.97. The Hall–Kier alpha value is 0.415. The second kappa shape index (κ2) is 3.60. The lowest BCUT2D eigenvalue weighted by Gasteiger charge is -1.96. The summed E-state index contributed by atoms with van der Waals surface area (Å²) in [5.41, 5.74) is 0. The zero-order valence-electron chi connectivity index (χ0n) is 4.31. The van der Waals surface area contributed by atoms with Crippen molar-refractivity contribution in [2.45, 2.75) is 26.1 Å². The van der Waals surface area contributed by atoms with Gasteiger partial charge in [0, 0.05) is 0 Å². The van der Waals surface area contributed by atoms with E-state index in [4.69, 9.17) is 0 Å². The van der Waals surface area contributed by atoms with Crippen molar-refractivity contribution in [2.75, 3.05) is 0 Å². The molecule has 2 heteroatoms. The molecule has 0 nitrogen and oxygen atoms in total. The van der Waals surface area contributed by atoms with Crippen molar-refractivity contribution >= 4 is 19.0 Å². The molecule has 6 heavy (non-hydrogen) atoms. The first-order chi connectivity index (χ1) is 2.81. The smallest absolute Gasteiger partial charge is 0.190 e. The zero-order valence-corrected chi connectivity index (χ0v) is 5.20. The van der Waals surface area contributed by atoms with Crippen LogP contribution >= 0.6 is 12.5 Å². The van der Waals surface area contributed by atoms with Crippen LogP contribution in [0.2, 0.25) is 5.82 Å². The summed E-state index contributed by atoms with van der Waals surface area (Å²) in [4.78, 5) is 0. The maximum atomic E-state index is 3.97. The molecular formula is C4H10BS. The summed E-state index contributed by atoms with van der Waals surface area (Å²) in [6, 6.07) is 0. The van der Waals surface area contributed by atoms with Crippen molar-refractivity contribution < 1.29 is 0 Å². The van der Waals surface area contributed by atoms with E-state index in [9.17, 15) is 0 Å². The van der Waals surface area contributed by atoms with Crippen molar-refractivity contribution in [2.24, 2.45) is 0 Å². The topological polar surface area (TPSA) is 0 Å². The second-order valence-corrected chi connectivity index (χ2v) is 1.83. The maximum Gasteiger partial charge on any atom is 0.190 e. The zero-order chi connectivity index (χ0) is 4.99. The van der Waals surface area contributed by atoms with E-state index in [2.05, 4.69) is 26.3 Å². The van der Waals surface area contributed by atoms with Crippen LogP contribution in [0.4, 0.5) is 0 Å². The van der Waals surface area contributed by atoms with Crippen molar-refractivity contribution in [1.82, 2.24) is 0 Å². The summed E-state index contributed by atoms with van der Waals surface area (Å²) in [7, 11) is 0. The molecule has 0 saturated heterocycles. The van der Waals surface area contributed by atoms with Crippen LogP contribution in [0.25, 0.3) is 0 Å². The molecule has 0 heterocycles. The molecule has 0 aromatic heterocycles. The van der Waals surface area contributed by atoms with Gasteiger partial charge in [0.05, 0.1) is 0 Å². The summed E-state index contributed by atoms with van der Waals surface area (Å²) < 4.78 is 0. The lowest BCUT2D eigenvalue weighted by molar-refractivity contribution is 0.878. The van der Waals surface area contributed by atoms with Crippen LogP contribution in [0.3, 0.4) is 0 Å². The Morgan fingerprint density at radius 2 is 2.33 bits per heavy atom. The monoisotopic (exact) mass is 101 g/mol. The quantitative estimate of drug-likeness (QED) is 0.397. The number of rotatable bonds is 2. The molecule has 1 radical (unpaired) electrons. The van der Waals surface area contributed by atoms with Gasteiger partial charge in [0.2, 0.25) is 0 Å². The molecule has 0 fully saturated rings. The fraction of sp³-hybridized carbons (Fsp3) is 1.00. The average Bonchev–Trinajstić information content (AvgIpc) is 1.65. The predicted molar refractivity (Wildman–Crippen MR) is 34.5 cm³/mol. The molecule has 0 saturated carbocycles. The summed E-state index contributed by atoms with van der Waals surface area (Å²) in [6.07, 6.45) is 1.20. The third-order valence-electron chi connectivity index (χ3n) is 0.898. The van der Waals surface area contributed by atoms with E-state index in [1.165, 1.54) is 6.42 Å². The Morgan fingerprint density at radius 3 is 2.33 bits per heavy atom. The first-order valence-corrected chi connectivity index (χ1v) is 2.80. The standard InChI is InChI=1S/C4H10BS/c1-3-4(2)5-6/h4,6H,3H2,1-2H3. The van der Waals surface area contributed by atoms with Crippen LogP contribution in [0.1, 0.15) is 20.3 Å². The van der Waals surface area contributed by atoms with E-state index in [1.807, 2.05) is 6.56 Å². The van der Waals surface area contributed by atoms with Crippen molar-refractivity contribution in [3.8, 4) is 0 Å². The van der Waals surface area contributed by atoms with Crippen LogP contribution in [0.5, 0.6) is 0 Å². The average molecular weight is 101 g/mol. The van der Waals surface area contributed by atoms with Crippen LogP contribution in [-0.4, -0.2) is 6.56 Å². The fourth-order valence-electron chi connectivity index (χ4n) is 0.105. The van der Waals surface area contributed by atoms with Gasteiger partial charge < -0.3 is 0 Å². The Morgan fingerprint density at radius 1 is 1.83 bits per heavy atom. The van der Waals surface area contributed by atoms with Crippen molar-refractivity contribution in [1.29, 1.82) is 0 Å². The normalized spacial score (nSPS) is 13.8. The highest BCUT2D eigenvalue weighted by atomic mass is 32.1. The molecule has 1 atom stereocenters. The third kappa shape index (κ3) is 2.64. The molecule has 0 rings (SSSR count). The minimum atomic E-state index is 0.674. The number of hydrogen-bond donors (Lipinski definition) is 1. The predicted octanol–water partition coefficient (Wildman–Crippen LogP) is 1.75.